The molecule has 0 saturated heterocycles. The summed E-state index contributed by atoms with van der Waals surface area (Å²) in [6.07, 6.45) is 11.3. The second-order valence-corrected chi connectivity index (χ2v) is 11.5. The Bertz CT molecular complexity index is 481. The zero-order valence-electron chi connectivity index (χ0n) is 18.5. The standard InChI is InChI=1S/C24H44O2/c1-17-15-24(7,23(6)13-11-9-8-10-12-14-23)16-19(21(25)26)18(2)20(17)22(3,4)5/h17-20H,8-16H2,1-7H3,(H,25,26). The van der Waals surface area contributed by atoms with Crippen molar-refractivity contribution in [2.75, 3.05) is 0 Å². The first-order valence-electron chi connectivity index (χ1n) is 11.1. The molecule has 2 aliphatic carbocycles. The molecule has 2 nitrogen and oxygen atoms in total. The third-order valence-corrected chi connectivity index (χ3v) is 8.49. The Hall–Kier alpha value is -0.530. The lowest BCUT2D eigenvalue weighted by Gasteiger charge is -2.50. The first kappa shape index (κ1) is 21.8. The average Bonchev–Trinajstić information content (AvgIpc) is 2.57. The number of hydrogen-bond donors (Lipinski definition) is 1. The first-order valence-corrected chi connectivity index (χ1v) is 11.1. The largest absolute Gasteiger partial charge is 0.481 e. The summed E-state index contributed by atoms with van der Waals surface area (Å²) in [7, 11) is 0. The van der Waals surface area contributed by atoms with Gasteiger partial charge in [0, 0.05) is 0 Å². The first-order chi connectivity index (χ1) is 11.9. The van der Waals surface area contributed by atoms with E-state index in [4.69, 9.17) is 0 Å². The van der Waals surface area contributed by atoms with E-state index in [2.05, 4.69) is 48.5 Å². The molecule has 0 aliphatic heterocycles. The van der Waals surface area contributed by atoms with Crippen LogP contribution in [0.3, 0.4) is 0 Å². The van der Waals surface area contributed by atoms with Gasteiger partial charge in [-0.3, -0.25) is 4.79 Å². The fraction of sp³-hybridized carbons (Fsp3) is 0.958. The molecule has 2 saturated carbocycles. The average molecular weight is 365 g/mol. The molecule has 2 aliphatic rings. The lowest BCUT2D eigenvalue weighted by atomic mass is 9.55. The fourth-order valence-corrected chi connectivity index (χ4v) is 7.10. The minimum absolute atomic E-state index is 0.126. The Kier molecular flexibility index (Phi) is 6.56. The lowest BCUT2D eigenvalue weighted by Crippen LogP contribution is -2.41. The van der Waals surface area contributed by atoms with Gasteiger partial charge in [0.15, 0.2) is 0 Å². The molecule has 5 unspecified atom stereocenters. The molecule has 0 amide bonds. The summed E-state index contributed by atoms with van der Waals surface area (Å²) in [5.74, 6) is 0.489. The molecule has 0 spiro atoms. The maximum absolute atomic E-state index is 12.3. The molecule has 0 aromatic carbocycles. The van der Waals surface area contributed by atoms with E-state index in [0.717, 1.165) is 6.42 Å². The van der Waals surface area contributed by atoms with Crippen molar-refractivity contribution in [1.29, 1.82) is 0 Å². The molecule has 0 aromatic heterocycles. The van der Waals surface area contributed by atoms with Gasteiger partial charge in [-0.05, 0) is 59.7 Å². The fourth-order valence-electron chi connectivity index (χ4n) is 7.10. The highest BCUT2D eigenvalue weighted by atomic mass is 16.4. The third kappa shape index (κ3) is 4.30. The smallest absolute Gasteiger partial charge is 0.306 e. The Morgan fingerprint density at radius 3 is 1.85 bits per heavy atom. The van der Waals surface area contributed by atoms with Crippen molar-refractivity contribution in [3.8, 4) is 0 Å². The van der Waals surface area contributed by atoms with Gasteiger partial charge in [0.25, 0.3) is 0 Å². The Morgan fingerprint density at radius 1 is 0.885 bits per heavy atom. The van der Waals surface area contributed by atoms with Crippen LogP contribution in [0, 0.1) is 39.9 Å². The van der Waals surface area contributed by atoms with Crippen molar-refractivity contribution in [3.63, 3.8) is 0 Å². The van der Waals surface area contributed by atoms with Crippen LogP contribution in [0.25, 0.3) is 0 Å². The third-order valence-electron chi connectivity index (χ3n) is 8.49. The molecule has 0 aromatic rings. The van der Waals surface area contributed by atoms with Gasteiger partial charge in [0.2, 0.25) is 0 Å². The summed E-state index contributed by atoms with van der Waals surface area (Å²) in [5, 5.41) is 10.1. The van der Waals surface area contributed by atoms with Gasteiger partial charge in [-0.25, -0.2) is 0 Å². The van der Waals surface area contributed by atoms with Crippen LogP contribution in [0.2, 0.25) is 0 Å². The van der Waals surface area contributed by atoms with E-state index < -0.39 is 5.97 Å². The van der Waals surface area contributed by atoms with Crippen LogP contribution in [0.5, 0.6) is 0 Å². The van der Waals surface area contributed by atoms with Crippen LogP contribution in [-0.4, -0.2) is 11.1 Å². The second kappa shape index (κ2) is 7.84. The summed E-state index contributed by atoms with van der Waals surface area (Å²) in [5.41, 5.74) is 0.558. The highest BCUT2D eigenvalue weighted by molar-refractivity contribution is 5.70. The number of hydrogen-bond acceptors (Lipinski definition) is 1. The number of rotatable bonds is 2. The minimum Gasteiger partial charge on any atom is -0.481 e. The van der Waals surface area contributed by atoms with Gasteiger partial charge < -0.3 is 5.11 Å². The highest BCUT2D eigenvalue weighted by Crippen LogP contribution is 2.60. The minimum atomic E-state index is -0.568. The molecule has 26 heavy (non-hydrogen) atoms. The predicted molar refractivity (Wildman–Crippen MR) is 110 cm³/mol. The summed E-state index contributed by atoms with van der Waals surface area (Å²) in [4.78, 5) is 12.3. The topological polar surface area (TPSA) is 37.3 Å². The van der Waals surface area contributed by atoms with Crippen molar-refractivity contribution < 1.29 is 9.90 Å². The number of carboxylic acids is 1. The summed E-state index contributed by atoms with van der Waals surface area (Å²) in [6, 6.07) is 0. The Morgan fingerprint density at radius 2 is 1.38 bits per heavy atom. The van der Waals surface area contributed by atoms with Crippen molar-refractivity contribution in [1.82, 2.24) is 0 Å². The molecule has 0 bridgehead atoms. The van der Waals surface area contributed by atoms with Crippen LogP contribution >= 0.6 is 0 Å². The molecule has 2 rings (SSSR count). The quantitative estimate of drug-likeness (QED) is 0.527. The summed E-state index contributed by atoms with van der Waals surface area (Å²) in [6.45, 7) is 16.5. The van der Waals surface area contributed by atoms with Crippen molar-refractivity contribution in [2.24, 2.45) is 39.9 Å². The molecular formula is C24H44O2. The summed E-state index contributed by atoms with van der Waals surface area (Å²) < 4.78 is 0. The molecule has 0 heterocycles. The predicted octanol–water partition coefficient (Wildman–Crippen LogP) is 7.17. The van der Waals surface area contributed by atoms with Crippen LogP contribution in [0.4, 0.5) is 0 Å². The van der Waals surface area contributed by atoms with Crippen LogP contribution in [-0.2, 0) is 4.79 Å². The second-order valence-electron chi connectivity index (χ2n) is 11.5. The van der Waals surface area contributed by atoms with E-state index in [1.54, 1.807) is 0 Å². The van der Waals surface area contributed by atoms with Crippen molar-refractivity contribution in [3.05, 3.63) is 0 Å². The monoisotopic (exact) mass is 364 g/mol. The van der Waals surface area contributed by atoms with E-state index in [-0.39, 0.29) is 28.1 Å². The Labute approximate surface area is 162 Å². The van der Waals surface area contributed by atoms with E-state index in [9.17, 15) is 9.90 Å². The highest BCUT2D eigenvalue weighted by Gasteiger charge is 2.53. The van der Waals surface area contributed by atoms with Gasteiger partial charge in [-0.2, -0.15) is 0 Å². The van der Waals surface area contributed by atoms with Crippen molar-refractivity contribution in [2.45, 2.75) is 106 Å². The van der Waals surface area contributed by atoms with Crippen LogP contribution < -0.4 is 0 Å². The zero-order chi connectivity index (χ0) is 19.8. The van der Waals surface area contributed by atoms with E-state index in [1.807, 2.05) is 0 Å². The molecule has 0 radical (unpaired) electrons. The number of carboxylic acid groups (broad SMARTS) is 1. The van der Waals surface area contributed by atoms with Gasteiger partial charge in [-0.15, -0.1) is 0 Å². The maximum atomic E-state index is 12.3. The van der Waals surface area contributed by atoms with Crippen LogP contribution in [0.1, 0.15) is 106 Å². The van der Waals surface area contributed by atoms with Crippen molar-refractivity contribution >= 4 is 5.97 Å². The molecular weight excluding hydrogens is 320 g/mol. The van der Waals surface area contributed by atoms with Gasteiger partial charge in [-0.1, -0.05) is 80.6 Å². The number of aliphatic carboxylic acids is 1. The zero-order valence-corrected chi connectivity index (χ0v) is 18.5. The molecule has 5 atom stereocenters. The normalized spacial score (nSPS) is 39.5. The molecule has 2 fully saturated rings. The lowest BCUT2D eigenvalue weighted by molar-refractivity contribution is -0.146. The Balaban J connectivity index is 2.43. The van der Waals surface area contributed by atoms with Gasteiger partial charge in [0.05, 0.1) is 5.92 Å². The SMILES string of the molecule is CC1CC(C)(C2(C)CCCCCCC2)CC(C(=O)O)C(C)C1C(C)(C)C. The molecule has 152 valence electrons. The number of carbonyl (C=O) groups is 1. The van der Waals surface area contributed by atoms with E-state index in [0.29, 0.717) is 11.8 Å². The van der Waals surface area contributed by atoms with E-state index in [1.165, 1.54) is 51.4 Å². The van der Waals surface area contributed by atoms with Gasteiger partial charge >= 0.3 is 5.97 Å². The van der Waals surface area contributed by atoms with E-state index >= 15 is 0 Å². The maximum Gasteiger partial charge on any atom is 0.306 e. The van der Waals surface area contributed by atoms with Gasteiger partial charge in [0.1, 0.15) is 0 Å². The summed E-state index contributed by atoms with van der Waals surface area (Å²) >= 11 is 0. The van der Waals surface area contributed by atoms with Crippen LogP contribution in [0.15, 0.2) is 0 Å². The molecule has 2 heteroatoms. The molecule has 1 N–H and O–H groups in total.